The Bertz CT molecular complexity index is 1040. The Labute approximate surface area is 173 Å². The van der Waals surface area contributed by atoms with Crippen molar-refractivity contribution >= 4 is 41.1 Å². The molecule has 0 saturated carbocycles. The minimum atomic E-state index is -0.549. The molecular weight excluding hydrogens is 382 g/mol. The predicted octanol–water partition coefficient (Wildman–Crippen LogP) is 5.38. The summed E-state index contributed by atoms with van der Waals surface area (Å²) in [6.07, 6.45) is 3.01. The quantitative estimate of drug-likeness (QED) is 0.435. The summed E-state index contributed by atoms with van der Waals surface area (Å²) in [6.45, 7) is 1.67. The van der Waals surface area contributed by atoms with Gasteiger partial charge < -0.3 is 4.74 Å². The van der Waals surface area contributed by atoms with E-state index in [2.05, 4.69) is 0 Å². The lowest BCUT2D eigenvalue weighted by atomic mass is 10.1. The second-order valence-corrected chi connectivity index (χ2v) is 7.70. The van der Waals surface area contributed by atoms with Gasteiger partial charge in [0.2, 0.25) is 0 Å². The van der Waals surface area contributed by atoms with E-state index in [9.17, 15) is 9.59 Å². The van der Waals surface area contributed by atoms with Crippen LogP contribution in [0.2, 0.25) is 0 Å². The van der Waals surface area contributed by atoms with Gasteiger partial charge in [-0.25, -0.2) is 4.79 Å². The number of carbonyl (C=O) groups is 2. The number of carbonyl (C=O) groups excluding carboxylic acids is 2. The number of hydrogen-bond donors (Lipinski definition) is 0. The molecule has 0 spiro atoms. The molecule has 3 aromatic carbocycles. The molecule has 4 nitrogen and oxygen atoms in total. The van der Waals surface area contributed by atoms with E-state index < -0.39 is 5.97 Å². The summed E-state index contributed by atoms with van der Waals surface area (Å²) in [5.41, 5.74) is 3.64. The van der Waals surface area contributed by atoms with Crippen LogP contribution >= 0.6 is 11.8 Å². The van der Waals surface area contributed by atoms with Crippen molar-refractivity contribution in [3.8, 4) is 0 Å². The highest BCUT2D eigenvalue weighted by Crippen LogP contribution is 2.47. The molecule has 1 aliphatic heterocycles. The number of benzene rings is 3. The molecule has 1 heterocycles. The number of hydrogen-bond acceptors (Lipinski definition) is 4. The number of aryl methyl sites for hydroxylation is 1. The van der Waals surface area contributed by atoms with E-state index >= 15 is 0 Å². The molecule has 4 rings (SSSR count). The molecule has 3 aromatic rings. The van der Waals surface area contributed by atoms with Crippen molar-refractivity contribution < 1.29 is 14.3 Å². The molecule has 0 aromatic heterocycles. The van der Waals surface area contributed by atoms with E-state index in [1.54, 1.807) is 22.7 Å². The SMILES string of the molecule is Cc1ccc(/C=C/C(=O)OCC(=O)N2c3ccccc3Sc3ccccc32)cc1. The maximum Gasteiger partial charge on any atom is 0.331 e. The van der Waals surface area contributed by atoms with Gasteiger partial charge in [0, 0.05) is 15.9 Å². The van der Waals surface area contributed by atoms with E-state index in [-0.39, 0.29) is 12.5 Å². The van der Waals surface area contributed by atoms with Gasteiger partial charge in [0.1, 0.15) is 0 Å². The molecule has 0 aliphatic carbocycles. The Morgan fingerprint density at radius 3 is 2.10 bits per heavy atom. The van der Waals surface area contributed by atoms with Gasteiger partial charge in [0.15, 0.2) is 6.61 Å². The molecule has 0 radical (unpaired) electrons. The Morgan fingerprint density at radius 1 is 0.897 bits per heavy atom. The van der Waals surface area contributed by atoms with Crippen LogP contribution in [0.25, 0.3) is 6.08 Å². The van der Waals surface area contributed by atoms with Crippen LogP contribution in [0.5, 0.6) is 0 Å². The number of rotatable bonds is 4. The van der Waals surface area contributed by atoms with Crippen LogP contribution in [0.4, 0.5) is 11.4 Å². The third-order valence-electron chi connectivity index (χ3n) is 4.51. The molecule has 1 amide bonds. The van der Waals surface area contributed by atoms with Crippen molar-refractivity contribution in [3.05, 3.63) is 90.0 Å². The van der Waals surface area contributed by atoms with Crippen LogP contribution in [0.1, 0.15) is 11.1 Å². The Hall–Kier alpha value is -3.31. The number of para-hydroxylation sites is 2. The molecule has 0 fully saturated rings. The largest absolute Gasteiger partial charge is 0.452 e. The highest BCUT2D eigenvalue weighted by molar-refractivity contribution is 7.99. The number of esters is 1. The number of ether oxygens (including phenoxy) is 1. The first-order valence-corrected chi connectivity index (χ1v) is 10.0. The number of amides is 1. The highest BCUT2D eigenvalue weighted by Gasteiger charge is 2.28. The lowest BCUT2D eigenvalue weighted by Crippen LogP contribution is -2.32. The normalized spacial score (nSPS) is 12.4. The Kier molecular flexibility index (Phi) is 5.49. The van der Waals surface area contributed by atoms with Gasteiger partial charge in [-0.2, -0.15) is 0 Å². The summed E-state index contributed by atoms with van der Waals surface area (Å²) < 4.78 is 5.21. The van der Waals surface area contributed by atoms with Crippen molar-refractivity contribution in [2.75, 3.05) is 11.5 Å². The van der Waals surface area contributed by atoms with Crippen LogP contribution in [0.15, 0.2) is 88.7 Å². The molecule has 144 valence electrons. The molecular formula is C24H19NO3S. The van der Waals surface area contributed by atoms with E-state index in [1.807, 2.05) is 79.7 Å². The second-order valence-electron chi connectivity index (χ2n) is 6.62. The van der Waals surface area contributed by atoms with Crippen LogP contribution in [-0.2, 0) is 14.3 Å². The average molecular weight is 401 g/mol. The zero-order valence-electron chi connectivity index (χ0n) is 15.9. The van der Waals surface area contributed by atoms with E-state index in [1.165, 1.54) is 6.08 Å². The summed E-state index contributed by atoms with van der Waals surface area (Å²) in [6, 6.07) is 23.2. The fourth-order valence-corrected chi connectivity index (χ4v) is 4.12. The van der Waals surface area contributed by atoms with Gasteiger partial charge in [-0.1, -0.05) is 65.9 Å². The fraction of sp³-hybridized carbons (Fsp3) is 0.0833. The number of nitrogens with zero attached hydrogens (tertiary/aromatic N) is 1. The van der Waals surface area contributed by atoms with Crippen LogP contribution in [-0.4, -0.2) is 18.5 Å². The lowest BCUT2D eigenvalue weighted by Gasteiger charge is -2.30. The number of anilines is 2. The Morgan fingerprint density at radius 2 is 1.48 bits per heavy atom. The first-order chi connectivity index (χ1) is 14.1. The van der Waals surface area contributed by atoms with E-state index in [0.29, 0.717) is 0 Å². The van der Waals surface area contributed by atoms with Crippen LogP contribution in [0.3, 0.4) is 0 Å². The first-order valence-electron chi connectivity index (χ1n) is 9.22. The van der Waals surface area contributed by atoms with Crippen molar-refractivity contribution in [2.24, 2.45) is 0 Å². The summed E-state index contributed by atoms with van der Waals surface area (Å²) in [5, 5.41) is 0. The van der Waals surface area contributed by atoms with Crippen LogP contribution in [0, 0.1) is 6.92 Å². The van der Waals surface area contributed by atoms with E-state index in [4.69, 9.17) is 4.74 Å². The molecule has 29 heavy (non-hydrogen) atoms. The van der Waals surface area contributed by atoms with Gasteiger partial charge in [0.25, 0.3) is 5.91 Å². The monoisotopic (exact) mass is 401 g/mol. The summed E-state index contributed by atoms with van der Waals surface area (Å²) in [4.78, 5) is 28.6. The van der Waals surface area contributed by atoms with Gasteiger partial charge in [0.05, 0.1) is 11.4 Å². The second kappa shape index (κ2) is 8.37. The maximum atomic E-state index is 13.0. The number of fused-ring (bicyclic) bond motifs is 2. The Balaban J connectivity index is 1.47. The summed E-state index contributed by atoms with van der Waals surface area (Å²) in [7, 11) is 0. The standard InChI is InChI=1S/C24H19NO3S/c1-17-10-12-18(13-11-17)14-15-24(27)28-16-23(26)25-19-6-2-4-8-21(19)29-22-9-5-3-7-20(22)25/h2-15H,16H2,1H3/b15-14+. The third-order valence-corrected chi connectivity index (χ3v) is 5.64. The van der Waals surface area contributed by atoms with Gasteiger partial charge in [-0.3, -0.25) is 9.69 Å². The summed E-state index contributed by atoms with van der Waals surface area (Å²) in [5.74, 6) is -0.839. The zero-order valence-corrected chi connectivity index (χ0v) is 16.7. The van der Waals surface area contributed by atoms with Crippen molar-refractivity contribution in [3.63, 3.8) is 0 Å². The molecule has 1 aliphatic rings. The molecule has 0 unspecified atom stereocenters. The molecule has 5 heteroatoms. The molecule has 0 atom stereocenters. The lowest BCUT2D eigenvalue weighted by molar-refractivity contribution is -0.142. The zero-order chi connectivity index (χ0) is 20.2. The van der Waals surface area contributed by atoms with Crippen molar-refractivity contribution in [2.45, 2.75) is 16.7 Å². The topological polar surface area (TPSA) is 46.6 Å². The van der Waals surface area contributed by atoms with Gasteiger partial charge in [-0.05, 0) is 42.8 Å². The predicted molar refractivity (Wildman–Crippen MR) is 115 cm³/mol. The summed E-state index contributed by atoms with van der Waals surface area (Å²) >= 11 is 1.62. The van der Waals surface area contributed by atoms with Crippen molar-refractivity contribution in [1.29, 1.82) is 0 Å². The minimum Gasteiger partial charge on any atom is -0.452 e. The smallest absolute Gasteiger partial charge is 0.331 e. The minimum absolute atomic E-state index is 0.290. The van der Waals surface area contributed by atoms with Crippen LogP contribution < -0.4 is 4.90 Å². The molecule has 0 N–H and O–H groups in total. The van der Waals surface area contributed by atoms with Crippen molar-refractivity contribution in [1.82, 2.24) is 0 Å². The fourth-order valence-electron chi connectivity index (χ4n) is 3.06. The van der Waals surface area contributed by atoms with E-state index in [0.717, 1.165) is 32.3 Å². The maximum absolute atomic E-state index is 13.0. The molecule has 0 bridgehead atoms. The first kappa shape index (κ1) is 19.0. The van der Waals surface area contributed by atoms with Gasteiger partial charge in [-0.15, -0.1) is 0 Å². The molecule has 0 saturated heterocycles. The highest BCUT2D eigenvalue weighted by atomic mass is 32.2. The average Bonchev–Trinajstić information content (AvgIpc) is 2.75. The third kappa shape index (κ3) is 4.25. The van der Waals surface area contributed by atoms with Gasteiger partial charge >= 0.3 is 5.97 Å².